The van der Waals surface area contributed by atoms with E-state index in [1.165, 1.54) is 0 Å². The molecule has 0 aliphatic heterocycles. The summed E-state index contributed by atoms with van der Waals surface area (Å²) in [4.78, 5) is 18.3. The third-order valence-electron chi connectivity index (χ3n) is 3.19. The molecule has 122 valence electrons. The summed E-state index contributed by atoms with van der Waals surface area (Å²) in [6, 6.07) is 7.53. The monoisotopic (exact) mass is 304 g/mol. The molecule has 1 aromatic rings. The Balaban J connectivity index is 2.69. The molecule has 0 saturated carbocycles. The fourth-order valence-corrected chi connectivity index (χ4v) is 2.05. The molecule has 1 amide bonds. The molecule has 0 aromatic heterocycles. The number of hydrogen-bond acceptors (Lipinski definition) is 2. The first-order valence-corrected chi connectivity index (χ1v) is 7.73. The van der Waals surface area contributed by atoms with Gasteiger partial charge >= 0.3 is 0 Å². The standard InChI is InChI=1S/C17H28N4O/c1-6-21(7-2)15(22)14-10-8-13(9-11-14)12-19-16(18)20-17(3,4)5/h8-11H,6-7,12H2,1-5H3,(H3,18,19,20). The van der Waals surface area contributed by atoms with E-state index in [4.69, 9.17) is 5.73 Å². The fraction of sp³-hybridized carbons (Fsp3) is 0.529. The number of carbonyl (C=O) groups excluding carboxylic acids is 1. The summed E-state index contributed by atoms with van der Waals surface area (Å²) >= 11 is 0. The van der Waals surface area contributed by atoms with Crippen molar-refractivity contribution in [2.45, 2.75) is 46.7 Å². The van der Waals surface area contributed by atoms with E-state index in [0.29, 0.717) is 18.1 Å². The third kappa shape index (κ3) is 5.76. The summed E-state index contributed by atoms with van der Waals surface area (Å²) in [5, 5.41) is 3.12. The molecule has 1 aromatic carbocycles. The summed E-state index contributed by atoms with van der Waals surface area (Å²) in [6.07, 6.45) is 0. The zero-order chi connectivity index (χ0) is 16.8. The second kappa shape index (κ2) is 7.82. The maximum Gasteiger partial charge on any atom is 0.253 e. The van der Waals surface area contributed by atoms with Crippen LogP contribution in [-0.2, 0) is 6.54 Å². The highest BCUT2D eigenvalue weighted by molar-refractivity contribution is 5.94. The van der Waals surface area contributed by atoms with Gasteiger partial charge < -0.3 is 16.0 Å². The van der Waals surface area contributed by atoms with Gasteiger partial charge in [0.2, 0.25) is 0 Å². The van der Waals surface area contributed by atoms with Gasteiger partial charge in [0, 0.05) is 24.2 Å². The molecule has 0 aliphatic rings. The Morgan fingerprint density at radius 2 is 1.73 bits per heavy atom. The molecule has 5 heteroatoms. The van der Waals surface area contributed by atoms with E-state index in [-0.39, 0.29) is 11.4 Å². The summed E-state index contributed by atoms with van der Waals surface area (Å²) in [6.45, 7) is 12.0. The Labute approximate surface area is 133 Å². The fourth-order valence-electron chi connectivity index (χ4n) is 2.05. The van der Waals surface area contributed by atoms with E-state index >= 15 is 0 Å². The molecular formula is C17H28N4O. The topological polar surface area (TPSA) is 70.7 Å². The number of nitrogens with zero attached hydrogens (tertiary/aromatic N) is 2. The van der Waals surface area contributed by atoms with Gasteiger partial charge in [0.25, 0.3) is 5.91 Å². The van der Waals surface area contributed by atoms with Crippen molar-refractivity contribution in [3.63, 3.8) is 0 Å². The summed E-state index contributed by atoms with van der Waals surface area (Å²) in [5.41, 5.74) is 7.46. The lowest BCUT2D eigenvalue weighted by atomic mass is 10.1. The van der Waals surface area contributed by atoms with Crippen LogP contribution >= 0.6 is 0 Å². The van der Waals surface area contributed by atoms with Crippen molar-refractivity contribution in [3.8, 4) is 0 Å². The van der Waals surface area contributed by atoms with Crippen molar-refractivity contribution in [1.82, 2.24) is 10.2 Å². The minimum absolute atomic E-state index is 0.0639. The van der Waals surface area contributed by atoms with Gasteiger partial charge in [-0.2, -0.15) is 0 Å². The van der Waals surface area contributed by atoms with Crippen molar-refractivity contribution in [2.24, 2.45) is 10.7 Å². The normalized spacial score (nSPS) is 12.1. The number of carbonyl (C=O) groups is 1. The van der Waals surface area contributed by atoms with Crippen LogP contribution in [0.4, 0.5) is 0 Å². The first-order valence-electron chi connectivity index (χ1n) is 7.73. The lowest BCUT2D eigenvalue weighted by Gasteiger charge is -2.21. The van der Waals surface area contributed by atoms with Gasteiger partial charge in [-0.15, -0.1) is 0 Å². The summed E-state index contributed by atoms with van der Waals surface area (Å²) in [5.74, 6) is 0.491. The molecule has 0 unspecified atom stereocenters. The van der Waals surface area contributed by atoms with Crippen LogP contribution in [0.25, 0.3) is 0 Å². The van der Waals surface area contributed by atoms with E-state index in [2.05, 4.69) is 10.3 Å². The summed E-state index contributed by atoms with van der Waals surface area (Å²) < 4.78 is 0. The molecule has 0 bridgehead atoms. The van der Waals surface area contributed by atoms with Crippen LogP contribution in [0.1, 0.15) is 50.5 Å². The molecule has 0 heterocycles. The highest BCUT2D eigenvalue weighted by atomic mass is 16.2. The lowest BCUT2D eigenvalue weighted by molar-refractivity contribution is 0.0773. The quantitative estimate of drug-likeness (QED) is 0.648. The Morgan fingerprint density at radius 1 is 1.18 bits per heavy atom. The van der Waals surface area contributed by atoms with Gasteiger partial charge in [0.1, 0.15) is 0 Å². The minimum atomic E-state index is -0.104. The molecular weight excluding hydrogens is 276 g/mol. The van der Waals surface area contributed by atoms with Crippen molar-refractivity contribution in [2.75, 3.05) is 13.1 Å². The number of amides is 1. The average molecular weight is 304 g/mol. The van der Waals surface area contributed by atoms with Gasteiger partial charge in [0.05, 0.1) is 6.54 Å². The number of guanidine groups is 1. The van der Waals surface area contributed by atoms with Crippen molar-refractivity contribution in [1.29, 1.82) is 0 Å². The average Bonchev–Trinajstić information content (AvgIpc) is 2.45. The highest BCUT2D eigenvalue weighted by Crippen LogP contribution is 2.09. The van der Waals surface area contributed by atoms with Crippen LogP contribution in [0.5, 0.6) is 0 Å². The number of nitrogens with two attached hydrogens (primary N) is 1. The van der Waals surface area contributed by atoms with Crippen molar-refractivity contribution >= 4 is 11.9 Å². The van der Waals surface area contributed by atoms with E-state index in [1.54, 1.807) is 4.90 Å². The molecule has 3 N–H and O–H groups in total. The first-order chi connectivity index (χ1) is 10.3. The second-order valence-electron chi connectivity index (χ2n) is 6.25. The summed E-state index contributed by atoms with van der Waals surface area (Å²) in [7, 11) is 0. The Morgan fingerprint density at radius 3 is 2.18 bits per heavy atom. The van der Waals surface area contributed by atoms with Gasteiger partial charge in [-0.1, -0.05) is 12.1 Å². The number of aliphatic imine (C=N–C) groups is 1. The molecule has 5 nitrogen and oxygen atoms in total. The third-order valence-corrected chi connectivity index (χ3v) is 3.19. The van der Waals surface area contributed by atoms with Crippen LogP contribution in [0, 0.1) is 0 Å². The minimum Gasteiger partial charge on any atom is -0.370 e. The second-order valence-corrected chi connectivity index (χ2v) is 6.25. The van der Waals surface area contributed by atoms with Crippen LogP contribution in [0.3, 0.4) is 0 Å². The molecule has 1 rings (SSSR count). The molecule has 0 spiro atoms. The SMILES string of the molecule is CCN(CC)C(=O)c1ccc(CN=C(N)NC(C)(C)C)cc1. The predicted octanol–water partition coefficient (Wildman–Crippen LogP) is 2.37. The molecule has 22 heavy (non-hydrogen) atoms. The zero-order valence-electron chi connectivity index (χ0n) is 14.3. The Bertz CT molecular complexity index is 510. The van der Waals surface area contributed by atoms with Crippen molar-refractivity contribution < 1.29 is 4.79 Å². The Kier molecular flexibility index (Phi) is 6.40. The van der Waals surface area contributed by atoms with Crippen LogP contribution < -0.4 is 11.1 Å². The molecule has 0 saturated heterocycles. The number of nitrogens with one attached hydrogen (secondary N) is 1. The number of rotatable bonds is 5. The van der Waals surface area contributed by atoms with Gasteiger partial charge in [-0.25, -0.2) is 4.99 Å². The molecule has 0 atom stereocenters. The van der Waals surface area contributed by atoms with Crippen LogP contribution in [0.15, 0.2) is 29.3 Å². The maximum atomic E-state index is 12.2. The maximum absolute atomic E-state index is 12.2. The lowest BCUT2D eigenvalue weighted by Crippen LogP contribution is -2.44. The van der Waals surface area contributed by atoms with E-state index < -0.39 is 0 Å². The van der Waals surface area contributed by atoms with Gasteiger partial charge in [0.15, 0.2) is 5.96 Å². The van der Waals surface area contributed by atoms with Crippen molar-refractivity contribution in [3.05, 3.63) is 35.4 Å². The van der Waals surface area contributed by atoms with Crippen LogP contribution in [-0.4, -0.2) is 35.4 Å². The highest BCUT2D eigenvalue weighted by Gasteiger charge is 2.12. The largest absolute Gasteiger partial charge is 0.370 e. The number of benzene rings is 1. The first kappa shape index (κ1) is 18.0. The van der Waals surface area contributed by atoms with E-state index in [0.717, 1.165) is 18.7 Å². The number of hydrogen-bond donors (Lipinski definition) is 2. The zero-order valence-corrected chi connectivity index (χ0v) is 14.3. The van der Waals surface area contributed by atoms with Gasteiger partial charge in [-0.3, -0.25) is 4.79 Å². The predicted molar refractivity (Wildman–Crippen MR) is 91.9 cm³/mol. The molecule has 0 aliphatic carbocycles. The van der Waals surface area contributed by atoms with Gasteiger partial charge in [-0.05, 0) is 52.3 Å². The van der Waals surface area contributed by atoms with E-state index in [9.17, 15) is 4.79 Å². The smallest absolute Gasteiger partial charge is 0.253 e. The Hall–Kier alpha value is -2.04. The molecule has 0 radical (unpaired) electrons. The van der Waals surface area contributed by atoms with Crippen LogP contribution in [0.2, 0.25) is 0 Å². The molecule has 0 fully saturated rings. The van der Waals surface area contributed by atoms with E-state index in [1.807, 2.05) is 58.9 Å².